The number of fused-ring (bicyclic) bond motifs is 1. The number of likely N-dealkylation sites (N-methyl/N-ethyl adjacent to an activating group) is 1. The predicted molar refractivity (Wildman–Crippen MR) is 125 cm³/mol. The Morgan fingerprint density at radius 3 is 2.53 bits per heavy atom. The summed E-state index contributed by atoms with van der Waals surface area (Å²) in [6.07, 6.45) is 1.59. The number of benzene rings is 2. The van der Waals surface area contributed by atoms with E-state index in [1.54, 1.807) is 12.3 Å². The third kappa shape index (κ3) is 4.25. The number of piperazine rings is 1. The Balaban J connectivity index is 1.71. The molecule has 6 nitrogen and oxygen atoms in total. The first-order valence-electron chi connectivity index (χ1n) is 11.2. The van der Waals surface area contributed by atoms with Gasteiger partial charge >= 0.3 is 0 Å². The molecule has 1 aliphatic heterocycles. The van der Waals surface area contributed by atoms with E-state index in [9.17, 15) is 9.59 Å². The van der Waals surface area contributed by atoms with Crippen LogP contribution in [0.4, 0.5) is 10.1 Å². The van der Waals surface area contributed by atoms with Crippen LogP contribution < -0.4 is 20.5 Å². The minimum atomic E-state index is -0.456. The largest absolute Gasteiger partial charge is 0.358 e. The van der Waals surface area contributed by atoms with Gasteiger partial charge in [0.25, 0.3) is 5.91 Å². The molecule has 2 N–H and O–H groups in total. The van der Waals surface area contributed by atoms with Crippen LogP contribution in [0.5, 0.6) is 0 Å². The molecule has 0 aliphatic carbocycles. The SMILES string of the molecule is CCn1cc(C(=O)N[C@H](C)c2ccccc2)c(=O)c2cc(F)c(N3CC[NH+](C)CC3)cc21. The number of aryl methyl sites for hydroxylation is 1. The number of amides is 1. The number of halogens is 1. The summed E-state index contributed by atoms with van der Waals surface area (Å²) in [4.78, 5) is 29.6. The number of hydrogen-bond acceptors (Lipinski definition) is 3. The van der Waals surface area contributed by atoms with Crippen molar-refractivity contribution in [1.82, 2.24) is 9.88 Å². The molecule has 32 heavy (non-hydrogen) atoms. The fourth-order valence-electron chi connectivity index (χ4n) is 4.29. The number of carbonyl (C=O) groups is 1. The smallest absolute Gasteiger partial charge is 0.257 e. The van der Waals surface area contributed by atoms with E-state index in [1.807, 2.05) is 53.6 Å². The Morgan fingerprint density at radius 1 is 1.19 bits per heavy atom. The highest BCUT2D eigenvalue weighted by Crippen LogP contribution is 2.25. The molecule has 1 atom stereocenters. The summed E-state index contributed by atoms with van der Waals surface area (Å²) in [5, 5.41) is 3.12. The topological polar surface area (TPSA) is 58.8 Å². The number of quaternary nitrogens is 1. The Hall–Kier alpha value is -3.19. The molecular formula is C25H30FN4O2+. The second-order valence-electron chi connectivity index (χ2n) is 8.53. The molecule has 1 aliphatic rings. The maximum atomic E-state index is 15.1. The Morgan fingerprint density at radius 2 is 1.88 bits per heavy atom. The minimum Gasteiger partial charge on any atom is -0.358 e. The van der Waals surface area contributed by atoms with Gasteiger partial charge < -0.3 is 19.7 Å². The van der Waals surface area contributed by atoms with Crippen molar-refractivity contribution in [2.45, 2.75) is 26.4 Å². The third-order valence-electron chi connectivity index (χ3n) is 6.34. The Labute approximate surface area is 187 Å². The van der Waals surface area contributed by atoms with E-state index in [0.717, 1.165) is 31.7 Å². The average Bonchev–Trinajstić information content (AvgIpc) is 2.80. The molecule has 1 aromatic heterocycles. The van der Waals surface area contributed by atoms with Crippen molar-refractivity contribution in [2.24, 2.45) is 0 Å². The van der Waals surface area contributed by atoms with Crippen LogP contribution in [0.1, 0.15) is 35.8 Å². The molecule has 0 saturated carbocycles. The first-order valence-corrected chi connectivity index (χ1v) is 11.2. The molecular weight excluding hydrogens is 407 g/mol. The normalized spacial score (nSPS) is 15.7. The lowest BCUT2D eigenvalue weighted by molar-refractivity contribution is -0.880. The molecule has 2 aromatic carbocycles. The van der Waals surface area contributed by atoms with Gasteiger partial charge in [0, 0.05) is 18.1 Å². The average molecular weight is 438 g/mol. The van der Waals surface area contributed by atoms with E-state index < -0.39 is 17.2 Å². The minimum absolute atomic E-state index is 0.0254. The number of rotatable bonds is 5. The maximum absolute atomic E-state index is 15.1. The first kappa shape index (κ1) is 22.0. The fraction of sp³-hybridized carbons (Fsp3) is 0.360. The van der Waals surface area contributed by atoms with E-state index in [2.05, 4.69) is 12.4 Å². The highest BCUT2D eigenvalue weighted by Gasteiger charge is 2.23. The molecule has 7 heteroatoms. The van der Waals surface area contributed by atoms with Crippen molar-refractivity contribution in [3.63, 3.8) is 0 Å². The van der Waals surface area contributed by atoms with Gasteiger partial charge in [0.1, 0.15) is 11.4 Å². The van der Waals surface area contributed by atoms with Crippen LogP contribution in [0.3, 0.4) is 0 Å². The highest BCUT2D eigenvalue weighted by molar-refractivity contribution is 5.98. The van der Waals surface area contributed by atoms with Crippen molar-refractivity contribution in [2.75, 3.05) is 38.1 Å². The summed E-state index contributed by atoms with van der Waals surface area (Å²) in [5.41, 5.74) is 1.68. The van der Waals surface area contributed by atoms with Crippen molar-refractivity contribution in [3.8, 4) is 0 Å². The predicted octanol–water partition coefficient (Wildman–Crippen LogP) is 1.99. The summed E-state index contributed by atoms with van der Waals surface area (Å²) in [6.45, 7) is 7.79. The summed E-state index contributed by atoms with van der Waals surface area (Å²) in [5.74, 6) is -0.881. The van der Waals surface area contributed by atoms with E-state index in [4.69, 9.17) is 0 Å². The van der Waals surface area contributed by atoms with Crippen molar-refractivity contribution < 1.29 is 14.1 Å². The Kier molecular flexibility index (Phi) is 6.28. The van der Waals surface area contributed by atoms with Gasteiger partial charge in [-0.25, -0.2) is 4.39 Å². The molecule has 0 radical (unpaired) electrons. The molecule has 2 heterocycles. The zero-order chi connectivity index (χ0) is 22.8. The highest BCUT2D eigenvalue weighted by atomic mass is 19.1. The lowest BCUT2D eigenvalue weighted by Gasteiger charge is -2.32. The molecule has 1 saturated heterocycles. The second-order valence-corrected chi connectivity index (χ2v) is 8.53. The van der Waals surface area contributed by atoms with E-state index >= 15 is 4.39 Å². The van der Waals surface area contributed by atoms with Gasteiger partial charge in [0.2, 0.25) is 5.43 Å². The lowest BCUT2D eigenvalue weighted by atomic mass is 10.1. The number of hydrogen-bond donors (Lipinski definition) is 2. The number of aromatic nitrogens is 1. The zero-order valence-electron chi connectivity index (χ0n) is 18.8. The monoisotopic (exact) mass is 437 g/mol. The van der Waals surface area contributed by atoms with Gasteiger partial charge in [-0.1, -0.05) is 30.3 Å². The first-order chi connectivity index (χ1) is 15.4. The summed E-state index contributed by atoms with van der Waals surface area (Å²) in [7, 11) is 2.13. The molecule has 1 fully saturated rings. The van der Waals surface area contributed by atoms with Crippen LogP contribution in [0.2, 0.25) is 0 Å². The number of nitrogens with zero attached hydrogens (tertiary/aromatic N) is 2. The molecule has 1 amide bonds. The van der Waals surface area contributed by atoms with Crippen LogP contribution in [0.25, 0.3) is 10.9 Å². The van der Waals surface area contributed by atoms with E-state index in [1.165, 1.54) is 11.0 Å². The van der Waals surface area contributed by atoms with Gasteiger partial charge in [-0.15, -0.1) is 0 Å². The maximum Gasteiger partial charge on any atom is 0.257 e. The van der Waals surface area contributed by atoms with Crippen LogP contribution in [0.15, 0.2) is 53.5 Å². The number of nitrogens with one attached hydrogen (secondary N) is 2. The van der Waals surface area contributed by atoms with Gasteiger partial charge in [-0.05, 0) is 31.5 Å². The summed E-state index contributed by atoms with van der Waals surface area (Å²) < 4.78 is 16.9. The van der Waals surface area contributed by atoms with Crippen molar-refractivity contribution in [1.29, 1.82) is 0 Å². The van der Waals surface area contributed by atoms with E-state index in [-0.39, 0.29) is 17.0 Å². The number of pyridine rings is 1. The molecule has 4 rings (SSSR count). The molecule has 0 bridgehead atoms. The van der Waals surface area contributed by atoms with E-state index in [0.29, 0.717) is 17.7 Å². The van der Waals surface area contributed by atoms with Crippen molar-refractivity contribution >= 4 is 22.5 Å². The van der Waals surface area contributed by atoms with Gasteiger partial charge in [-0.2, -0.15) is 0 Å². The zero-order valence-corrected chi connectivity index (χ0v) is 18.8. The molecule has 0 unspecified atom stereocenters. The fourth-order valence-corrected chi connectivity index (χ4v) is 4.29. The molecule has 168 valence electrons. The third-order valence-corrected chi connectivity index (χ3v) is 6.34. The quantitative estimate of drug-likeness (QED) is 0.642. The number of carbonyl (C=O) groups excluding carboxylic acids is 1. The Bertz CT molecular complexity index is 1180. The number of anilines is 1. The van der Waals surface area contributed by atoms with Crippen LogP contribution in [-0.4, -0.2) is 43.7 Å². The van der Waals surface area contributed by atoms with Gasteiger partial charge in [0.15, 0.2) is 0 Å². The van der Waals surface area contributed by atoms with Crippen LogP contribution >= 0.6 is 0 Å². The van der Waals surface area contributed by atoms with Crippen molar-refractivity contribution in [3.05, 3.63) is 75.8 Å². The van der Waals surface area contributed by atoms with Gasteiger partial charge in [0.05, 0.1) is 50.5 Å². The molecule has 3 aromatic rings. The van der Waals surface area contributed by atoms with Gasteiger partial charge in [-0.3, -0.25) is 9.59 Å². The van der Waals surface area contributed by atoms with Crippen LogP contribution in [0, 0.1) is 5.82 Å². The molecule has 0 spiro atoms. The summed E-state index contributed by atoms with van der Waals surface area (Å²) >= 11 is 0. The van der Waals surface area contributed by atoms with Crippen LogP contribution in [-0.2, 0) is 6.54 Å². The second kappa shape index (κ2) is 9.12. The lowest BCUT2D eigenvalue weighted by Crippen LogP contribution is -3.12. The standard InChI is InChI=1S/C25H29FN4O2/c1-4-29-16-20(25(32)27-17(2)18-8-6-5-7-9-18)24(31)19-14-21(26)23(15-22(19)29)30-12-10-28(3)11-13-30/h5-9,14-17H,4,10-13H2,1-3H3,(H,27,32)/p+1/t17-/m1/s1. The summed E-state index contributed by atoms with van der Waals surface area (Å²) in [6, 6.07) is 12.4.